The van der Waals surface area contributed by atoms with E-state index in [0.29, 0.717) is 4.88 Å². The Morgan fingerprint density at radius 2 is 2.25 bits per heavy atom. The molecule has 3 nitrogen and oxygen atoms in total. The Morgan fingerprint density at radius 3 is 2.69 bits per heavy atom. The zero-order valence-electron chi connectivity index (χ0n) is 7.91. The van der Waals surface area contributed by atoms with Crippen molar-refractivity contribution in [3.05, 3.63) is 22.4 Å². The molecule has 7 heteroatoms. The quantitative estimate of drug-likeness (QED) is 0.796. The first-order chi connectivity index (χ1) is 7.33. The first kappa shape index (κ1) is 11.4. The second kappa shape index (κ2) is 3.46. The molecule has 88 valence electrons. The number of halogens is 3. The van der Waals surface area contributed by atoms with E-state index < -0.39 is 30.1 Å². The minimum absolute atomic E-state index is 0.526. The molecule has 1 aliphatic heterocycles. The summed E-state index contributed by atoms with van der Waals surface area (Å²) in [5.74, 6) is -1.71. The van der Waals surface area contributed by atoms with E-state index in [1.54, 1.807) is 22.8 Å². The Bertz CT molecular complexity index is 403. The normalized spacial score (nSPS) is 30.5. The molecule has 0 saturated carbocycles. The van der Waals surface area contributed by atoms with Gasteiger partial charge in [0, 0.05) is 11.3 Å². The molecule has 1 fully saturated rings. The molecule has 0 aromatic carbocycles. The number of aliphatic hydroxyl groups is 1. The van der Waals surface area contributed by atoms with Crippen LogP contribution in [0.3, 0.4) is 0 Å². The zero-order valence-corrected chi connectivity index (χ0v) is 8.73. The third kappa shape index (κ3) is 1.69. The summed E-state index contributed by atoms with van der Waals surface area (Å²) in [6.45, 7) is 0. The minimum atomic E-state index is -4.85. The van der Waals surface area contributed by atoms with Crippen LogP contribution < -0.4 is 5.32 Å². The van der Waals surface area contributed by atoms with E-state index >= 15 is 0 Å². The molecule has 0 spiro atoms. The van der Waals surface area contributed by atoms with Crippen LogP contribution in [-0.2, 0) is 4.79 Å². The minimum Gasteiger partial charge on any atom is -0.363 e. The average Bonchev–Trinajstić information content (AvgIpc) is 2.71. The molecule has 1 aromatic heterocycles. The average molecular weight is 251 g/mol. The number of amides is 1. The van der Waals surface area contributed by atoms with Crippen molar-refractivity contribution in [2.24, 2.45) is 0 Å². The summed E-state index contributed by atoms with van der Waals surface area (Å²) in [6.07, 6.45) is -5.52. The van der Waals surface area contributed by atoms with Gasteiger partial charge in [-0.2, -0.15) is 13.2 Å². The smallest absolute Gasteiger partial charge is 0.363 e. The molecule has 2 unspecified atom stereocenters. The standard InChI is InChI=1S/C9H8F3NO2S/c10-9(11,12)8(15)4-5(7(14)13-8)6-2-1-3-16-6/h1-3,5,15H,4H2,(H,13,14). The van der Waals surface area contributed by atoms with Gasteiger partial charge in [0.25, 0.3) is 0 Å². The summed E-state index contributed by atoms with van der Waals surface area (Å²) in [6, 6.07) is 3.23. The van der Waals surface area contributed by atoms with Gasteiger partial charge < -0.3 is 10.4 Å². The fraction of sp³-hybridized carbons (Fsp3) is 0.444. The first-order valence-corrected chi connectivity index (χ1v) is 5.36. The molecule has 2 rings (SSSR count). The summed E-state index contributed by atoms with van der Waals surface area (Å²) in [5, 5.41) is 12.6. The van der Waals surface area contributed by atoms with Crippen LogP contribution in [0.25, 0.3) is 0 Å². The lowest BCUT2D eigenvalue weighted by Crippen LogP contribution is -2.53. The molecule has 0 bridgehead atoms. The number of nitrogens with one attached hydrogen (secondary N) is 1. The van der Waals surface area contributed by atoms with Crippen LogP contribution in [0.5, 0.6) is 0 Å². The highest BCUT2D eigenvalue weighted by molar-refractivity contribution is 7.10. The van der Waals surface area contributed by atoms with E-state index in [4.69, 9.17) is 0 Å². The number of alkyl halides is 3. The maximum atomic E-state index is 12.5. The molecule has 1 saturated heterocycles. The summed E-state index contributed by atoms with van der Waals surface area (Å²) < 4.78 is 37.4. The lowest BCUT2D eigenvalue weighted by atomic mass is 10.0. The van der Waals surface area contributed by atoms with Crippen molar-refractivity contribution in [3.8, 4) is 0 Å². The maximum absolute atomic E-state index is 12.5. The van der Waals surface area contributed by atoms with Gasteiger partial charge >= 0.3 is 6.18 Å². The van der Waals surface area contributed by atoms with Gasteiger partial charge in [0.1, 0.15) is 0 Å². The lowest BCUT2D eigenvalue weighted by molar-refractivity contribution is -0.266. The molecule has 16 heavy (non-hydrogen) atoms. The largest absolute Gasteiger partial charge is 0.436 e. The number of hydrogen-bond donors (Lipinski definition) is 2. The van der Waals surface area contributed by atoms with E-state index in [9.17, 15) is 23.1 Å². The van der Waals surface area contributed by atoms with E-state index in [1.807, 2.05) is 0 Å². The Morgan fingerprint density at radius 1 is 1.56 bits per heavy atom. The number of carbonyl (C=O) groups is 1. The Labute approximate surface area is 92.9 Å². The van der Waals surface area contributed by atoms with Crippen molar-refractivity contribution in [3.63, 3.8) is 0 Å². The molecule has 2 atom stereocenters. The summed E-state index contributed by atoms with van der Waals surface area (Å²) in [4.78, 5) is 11.9. The molecule has 0 radical (unpaired) electrons. The summed E-state index contributed by atoms with van der Waals surface area (Å²) >= 11 is 1.20. The number of thiophene rings is 1. The molecule has 0 aliphatic carbocycles. The van der Waals surface area contributed by atoms with Gasteiger partial charge in [-0.15, -0.1) is 11.3 Å². The number of rotatable bonds is 1. The monoisotopic (exact) mass is 251 g/mol. The number of hydrogen-bond acceptors (Lipinski definition) is 3. The fourth-order valence-corrected chi connectivity index (χ4v) is 2.46. The molecule has 1 aromatic rings. The predicted molar refractivity (Wildman–Crippen MR) is 50.8 cm³/mol. The third-order valence-electron chi connectivity index (χ3n) is 2.50. The number of carbonyl (C=O) groups excluding carboxylic acids is 1. The van der Waals surface area contributed by atoms with Crippen LogP contribution in [0.1, 0.15) is 17.2 Å². The van der Waals surface area contributed by atoms with Gasteiger partial charge in [-0.1, -0.05) is 6.07 Å². The topological polar surface area (TPSA) is 49.3 Å². The highest BCUT2D eigenvalue weighted by atomic mass is 32.1. The van der Waals surface area contributed by atoms with Crippen molar-refractivity contribution in [2.75, 3.05) is 0 Å². The SMILES string of the molecule is O=C1NC(O)(C(F)(F)F)CC1c1cccs1. The van der Waals surface area contributed by atoms with Crippen molar-refractivity contribution >= 4 is 17.2 Å². The van der Waals surface area contributed by atoms with Gasteiger partial charge in [0.05, 0.1) is 5.92 Å². The van der Waals surface area contributed by atoms with Gasteiger partial charge in [-0.05, 0) is 11.4 Å². The van der Waals surface area contributed by atoms with Crippen molar-refractivity contribution in [1.82, 2.24) is 5.32 Å². The van der Waals surface area contributed by atoms with Crippen LogP contribution in [0.15, 0.2) is 17.5 Å². The fourth-order valence-electron chi connectivity index (χ4n) is 1.64. The van der Waals surface area contributed by atoms with Gasteiger partial charge in [-0.25, -0.2) is 0 Å². The van der Waals surface area contributed by atoms with E-state index in [1.165, 1.54) is 11.3 Å². The predicted octanol–water partition coefficient (Wildman–Crippen LogP) is 1.60. The molecule has 2 N–H and O–H groups in total. The highest BCUT2D eigenvalue weighted by Gasteiger charge is 2.60. The zero-order chi connectivity index (χ0) is 12.0. The van der Waals surface area contributed by atoms with Gasteiger partial charge in [-0.3, -0.25) is 4.79 Å². The molecule has 2 heterocycles. The van der Waals surface area contributed by atoms with Crippen LogP contribution in [0.2, 0.25) is 0 Å². The van der Waals surface area contributed by atoms with Crippen LogP contribution in [0, 0.1) is 0 Å². The van der Waals surface area contributed by atoms with Crippen LogP contribution in [0.4, 0.5) is 13.2 Å². The third-order valence-corrected chi connectivity index (χ3v) is 3.49. The Balaban J connectivity index is 2.26. The second-order valence-corrected chi connectivity index (χ2v) is 4.60. The van der Waals surface area contributed by atoms with E-state index in [0.717, 1.165) is 0 Å². The van der Waals surface area contributed by atoms with E-state index in [-0.39, 0.29) is 0 Å². The van der Waals surface area contributed by atoms with Crippen molar-refractivity contribution < 1.29 is 23.1 Å². The maximum Gasteiger partial charge on any atom is 0.436 e. The Hall–Kier alpha value is -1.08. The van der Waals surface area contributed by atoms with Crippen LogP contribution >= 0.6 is 11.3 Å². The van der Waals surface area contributed by atoms with Gasteiger partial charge in [0.2, 0.25) is 11.6 Å². The molecular weight excluding hydrogens is 243 g/mol. The highest BCUT2D eigenvalue weighted by Crippen LogP contribution is 2.42. The Kier molecular flexibility index (Phi) is 2.47. The lowest BCUT2D eigenvalue weighted by Gasteiger charge is -2.25. The van der Waals surface area contributed by atoms with Crippen molar-refractivity contribution in [1.29, 1.82) is 0 Å². The summed E-state index contributed by atoms with van der Waals surface area (Å²) in [5.41, 5.74) is -3.10. The summed E-state index contributed by atoms with van der Waals surface area (Å²) in [7, 11) is 0. The van der Waals surface area contributed by atoms with Crippen molar-refractivity contribution in [2.45, 2.75) is 24.2 Å². The molecular formula is C9H8F3NO2S. The van der Waals surface area contributed by atoms with Crippen LogP contribution in [-0.4, -0.2) is 22.9 Å². The molecule has 1 amide bonds. The van der Waals surface area contributed by atoms with E-state index in [2.05, 4.69) is 0 Å². The van der Waals surface area contributed by atoms with Gasteiger partial charge in [0.15, 0.2) is 0 Å². The molecule has 1 aliphatic rings. The second-order valence-electron chi connectivity index (χ2n) is 3.62. The first-order valence-electron chi connectivity index (χ1n) is 4.48.